The second-order valence-electron chi connectivity index (χ2n) is 26.3. The number of aliphatic hydroxyl groups is 1. The number of hydrogen-bond donors (Lipinski definition) is 3. The van der Waals surface area contributed by atoms with Crippen molar-refractivity contribution in [3.05, 3.63) is 97.2 Å². The molecule has 0 fully saturated rings. The highest BCUT2D eigenvalue weighted by atomic mass is 31.2. The number of unbranched alkanes of at least 4 members (excludes halogenated alkanes) is 41. The van der Waals surface area contributed by atoms with Crippen molar-refractivity contribution in [3.63, 3.8) is 0 Å². The van der Waals surface area contributed by atoms with E-state index >= 15 is 0 Å². The van der Waals surface area contributed by atoms with Crippen LogP contribution in [0.5, 0.6) is 0 Å². The minimum Gasteiger partial charge on any atom is -0.387 e. The van der Waals surface area contributed by atoms with E-state index in [9.17, 15) is 19.4 Å². The minimum atomic E-state index is -4.37. The lowest BCUT2D eigenvalue weighted by Crippen LogP contribution is -2.45. The van der Waals surface area contributed by atoms with Crippen LogP contribution in [0.3, 0.4) is 0 Å². The minimum absolute atomic E-state index is 0.0523. The Balaban J connectivity index is 4.03. The van der Waals surface area contributed by atoms with Crippen molar-refractivity contribution in [2.24, 2.45) is 0 Å². The molecule has 0 aromatic carbocycles. The first kappa shape index (κ1) is 84.4. The number of carbonyl (C=O) groups excluding carboxylic acids is 1. The number of aliphatic hydroxyl groups excluding tert-OH is 1. The molecule has 3 atom stereocenters. The van der Waals surface area contributed by atoms with E-state index in [0.29, 0.717) is 17.4 Å². The van der Waals surface area contributed by atoms with Crippen molar-refractivity contribution in [2.75, 3.05) is 40.9 Å². The maximum atomic E-state index is 13.1. The Morgan fingerprint density at radius 3 is 1.06 bits per heavy atom. The van der Waals surface area contributed by atoms with Gasteiger partial charge in [-0.1, -0.05) is 342 Å². The second-order valence-corrected chi connectivity index (χ2v) is 27.7. The number of nitrogens with zero attached hydrogens (tertiary/aromatic N) is 1. The van der Waals surface area contributed by atoms with Crippen molar-refractivity contribution < 1.29 is 32.9 Å². The third-order valence-corrected chi connectivity index (χ3v) is 17.5. The summed E-state index contributed by atoms with van der Waals surface area (Å²) >= 11 is 0. The Kier molecular flexibility index (Phi) is 65.8. The van der Waals surface area contributed by atoms with Crippen molar-refractivity contribution >= 4 is 13.7 Å². The van der Waals surface area contributed by atoms with Gasteiger partial charge < -0.3 is 19.8 Å². The van der Waals surface area contributed by atoms with E-state index in [-0.39, 0.29) is 19.1 Å². The van der Waals surface area contributed by atoms with E-state index in [1.165, 1.54) is 244 Å². The molecule has 87 heavy (non-hydrogen) atoms. The van der Waals surface area contributed by atoms with Crippen LogP contribution in [0.1, 0.15) is 341 Å². The molecule has 3 unspecified atom stereocenters. The van der Waals surface area contributed by atoms with Gasteiger partial charge in [-0.25, -0.2) is 4.57 Å². The molecule has 0 aromatic heterocycles. The maximum Gasteiger partial charge on any atom is 0.472 e. The van der Waals surface area contributed by atoms with Crippen LogP contribution < -0.4 is 5.32 Å². The number of carbonyl (C=O) groups is 1. The van der Waals surface area contributed by atoms with Crippen LogP contribution in [0.25, 0.3) is 0 Å². The van der Waals surface area contributed by atoms with Crippen LogP contribution in [0.15, 0.2) is 97.2 Å². The number of likely N-dealkylation sites (N-methyl/N-ethyl adjacent to an activating group) is 1. The van der Waals surface area contributed by atoms with Gasteiger partial charge in [0.15, 0.2) is 0 Å². The highest BCUT2D eigenvalue weighted by Gasteiger charge is 2.28. The van der Waals surface area contributed by atoms with Crippen LogP contribution in [0.2, 0.25) is 0 Å². The van der Waals surface area contributed by atoms with Gasteiger partial charge in [-0.05, 0) is 89.9 Å². The van der Waals surface area contributed by atoms with Gasteiger partial charge in [-0.2, -0.15) is 0 Å². The van der Waals surface area contributed by atoms with Crippen LogP contribution in [0.4, 0.5) is 0 Å². The normalized spacial score (nSPS) is 14.1. The quantitative estimate of drug-likeness (QED) is 0.0243. The van der Waals surface area contributed by atoms with Gasteiger partial charge in [-0.15, -0.1) is 0 Å². The van der Waals surface area contributed by atoms with Crippen molar-refractivity contribution in [1.82, 2.24) is 5.32 Å². The molecular weight excluding hydrogens is 1090 g/mol. The van der Waals surface area contributed by atoms with E-state index < -0.39 is 20.0 Å². The number of phosphoric ester groups is 1. The van der Waals surface area contributed by atoms with E-state index in [4.69, 9.17) is 9.05 Å². The Morgan fingerprint density at radius 1 is 0.402 bits per heavy atom. The molecule has 0 aromatic rings. The summed E-state index contributed by atoms with van der Waals surface area (Å²) in [6.07, 6.45) is 98.7. The molecule has 0 aliphatic carbocycles. The predicted molar refractivity (Wildman–Crippen MR) is 383 cm³/mol. The number of phosphoric acid groups is 1. The van der Waals surface area contributed by atoms with E-state index in [1.807, 2.05) is 27.2 Å². The zero-order chi connectivity index (χ0) is 63.4. The molecule has 0 aliphatic heterocycles. The summed E-state index contributed by atoms with van der Waals surface area (Å²) in [7, 11) is 1.55. The standard InChI is InChI=1S/C78H143N2O6P/c1-6-8-10-12-14-16-18-20-22-24-26-28-30-32-34-35-36-37-38-39-40-41-42-43-44-45-46-48-50-52-54-56-58-60-62-64-66-68-70-72-78(82)79-76(75-86-87(83,84)85-74-73-80(3,4)5)77(81)71-69-67-65-63-61-59-57-55-53-51-49-47-33-31-29-27-25-23-21-19-17-15-13-11-9-7-2/h8,10,14,16,20,22,26,28,32,34,53,55,61,63,69,71,76-77,81H,6-7,9,11-13,15,17-19,21,23-25,27,29-31,33,35-52,54,56-60,62,64-68,70,72-75H2,1-5H3,(H-,79,82,83,84)/p+1/b10-8-,16-14-,22-20-,28-26-,34-32-,55-53+,63-61+,71-69+. The third-order valence-electron chi connectivity index (χ3n) is 16.5. The molecule has 3 N–H and O–H groups in total. The highest BCUT2D eigenvalue weighted by molar-refractivity contribution is 7.47. The average molecular weight is 1240 g/mol. The number of hydrogen-bond acceptors (Lipinski definition) is 5. The fourth-order valence-electron chi connectivity index (χ4n) is 10.8. The summed E-state index contributed by atoms with van der Waals surface area (Å²) in [4.78, 5) is 23.4. The lowest BCUT2D eigenvalue weighted by molar-refractivity contribution is -0.870. The monoisotopic (exact) mass is 1240 g/mol. The van der Waals surface area contributed by atoms with Gasteiger partial charge in [-0.3, -0.25) is 13.8 Å². The van der Waals surface area contributed by atoms with Crippen molar-refractivity contribution in [2.45, 2.75) is 353 Å². The molecule has 0 aliphatic rings. The van der Waals surface area contributed by atoms with E-state index in [2.05, 4.69) is 104 Å². The Morgan fingerprint density at radius 2 is 0.701 bits per heavy atom. The van der Waals surface area contributed by atoms with Gasteiger partial charge in [0.2, 0.25) is 5.91 Å². The average Bonchev–Trinajstić information content (AvgIpc) is 3.69. The molecule has 0 bridgehead atoms. The Bertz CT molecular complexity index is 1740. The van der Waals surface area contributed by atoms with Gasteiger partial charge in [0.25, 0.3) is 0 Å². The van der Waals surface area contributed by atoms with Gasteiger partial charge in [0, 0.05) is 6.42 Å². The summed E-state index contributed by atoms with van der Waals surface area (Å²) in [5, 5.41) is 14.0. The summed E-state index contributed by atoms with van der Waals surface area (Å²) in [5.74, 6) is -0.187. The highest BCUT2D eigenvalue weighted by Crippen LogP contribution is 2.43. The van der Waals surface area contributed by atoms with Crippen molar-refractivity contribution in [1.29, 1.82) is 0 Å². The van der Waals surface area contributed by atoms with Crippen LogP contribution in [-0.2, 0) is 18.4 Å². The first-order valence-corrected chi connectivity index (χ1v) is 38.6. The number of amides is 1. The zero-order valence-corrected chi connectivity index (χ0v) is 58.9. The topological polar surface area (TPSA) is 105 Å². The number of rotatable bonds is 68. The number of nitrogens with one attached hydrogen (secondary N) is 1. The molecular formula is C78H144N2O6P+. The number of allylic oxidation sites excluding steroid dienone is 15. The molecule has 9 heteroatoms. The predicted octanol–water partition coefficient (Wildman–Crippen LogP) is 24.1. The lowest BCUT2D eigenvalue weighted by Gasteiger charge is -2.25. The number of quaternary nitrogens is 1. The molecule has 0 spiro atoms. The molecule has 0 heterocycles. The lowest BCUT2D eigenvalue weighted by atomic mass is 10.0. The summed E-state index contributed by atoms with van der Waals surface area (Å²) in [6, 6.07) is -0.874. The maximum absolute atomic E-state index is 13.1. The fourth-order valence-corrected chi connectivity index (χ4v) is 11.5. The molecule has 0 saturated carbocycles. The van der Waals surface area contributed by atoms with Crippen molar-refractivity contribution in [3.8, 4) is 0 Å². The molecule has 0 saturated heterocycles. The second kappa shape index (κ2) is 67.8. The zero-order valence-electron chi connectivity index (χ0n) is 58.0. The van der Waals surface area contributed by atoms with Crippen LogP contribution >= 0.6 is 7.82 Å². The summed E-state index contributed by atoms with van der Waals surface area (Å²) < 4.78 is 23.8. The largest absolute Gasteiger partial charge is 0.472 e. The molecule has 8 nitrogen and oxygen atoms in total. The third kappa shape index (κ3) is 70.7. The first-order valence-electron chi connectivity index (χ1n) is 37.1. The first-order chi connectivity index (χ1) is 42.5. The van der Waals surface area contributed by atoms with E-state index in [1.54, 1.807) is 6.08 Å². The molecule has 0 rings (SSSR count). The Hall–Kier alpha value is -2.58. The summed E-state index contributed by atoms with van der Waals surface area (Å²) in [6.45, 7) is 4.71. The van der Waals surface area contributed by atoms with Crippen LogP contribution in [0, 0.1) is 0 Å². The fraction of sp³-hybridized carbons (Fsp3) is 0.782. The van der Waals surface area contributed by atoms with Gasteiger partial charge >= 0.3 is 7.82 Å². The molecule has 506 valence electrons. The van der Waals surface area contributed by atoms with E-state index in [0.717, 1.165) is 77.0 Å². The van der Waals surface area contributed by atoms with Gasteiger partial charge in [0.05, 0.1) is 39.9 Å². The molecule has 1 amide bonds. The molecule has 0 radical (unpaired) electrons. The van der Waals surface area contributed by atoms with Gasteiger partial charge in [0.1, 0.15) is 13.2 Å². The SMILES string of the molecule is CC/C=C\C/C=C\C/C=C\C/C=C\C/C=C\CCCCCCCCCCCCCCCCCCCCCCCCCC(=O)NC(COP(=O)(O)OCC[N+](C)(C)C)C(O)/C=C/CC/C=C/CC/C=C/CCCCCCCCCCCCCCCCCC. The smallest absolute Gasteiger partial charge is 0.387 e. The van der Waals surface area contributed by atoms with Crippen LogP contribution in [-0.4, -0.2) is 73.4 Å². The summed E-state index contributed by atoms with van der Waals surface area (Å²) in [5.41, 5.74) is 0. The Labute approximate surface area is 540 Å².